The van der Waals surface area contributed by atoms with E-state index in [1.807, 2.05) is 6.92 Å². The highest BCUT2D eigenvalue weighted by atomic mass is 19.1. The van der Waals surface area contributed by atoms with Gasteiger partial charge in [-0.15, -0.1) is 0 Å². The van der Waals surface area contributed by atoms with Gasteiger partial charge < -0.3 is 10.5 Å². The normalized spacial score (nSPS) is 17.2. The van der Waals surface area contributed by atoms with E-state index >= 15 is 0 Å². The molecule has 0 amide bonds. The molecule has 2 N–H and O–H groups in total. The maximum absolute atomic E-state index is 13.4. The van der Waals surface area contributed by atoms with Crippen LogP contribution in [-0.2, 0) is 0 Å². The Kier molecular flexibility index (Phi) is 3.15. The van der Waals surface area contributed by atoms with E-state index in [1.54, 1.807) is 13.0 Å². The lowest BCUT2D eigenvalue weighted by molar-refractivity contribution is 0.294. The summed E-state index contributed by atoms with van der Waals surface area (Å²) in [6.07, 6.45) is 2.49. The highest BCUT2D eigenvalue weighted by Crippen LogP contribution is 2.32. The molecule has 0 heterocycles. The van der Waals surface area contributed by atoms with Crippen molar-refractivity contribution in [2.45, 2.75) is 32.7 Å². The van der Waals surface area contributed by atoms with Crippen LogP contribution in [-0.4, -0.2) is 6.61 Å². The minimum atomic E-state index is -0.217. The molecule has 0 radical (unpaired) electrons. The van der Waals surface area contributed by atoms with Crippen LogP contribution in [0.3, 0.4) is 0 Å². The summed E-state index contributed by atoms with van der Waals surface area (Å²) in [7, 11) is 0. The summed E-state index contributed by atoms with van der Waals surface area (Å²) in [5, 5.41) is 0. The standard InChI is InChI=1S/C13H18FNO/c1-8-5-13(16-7-10-3-4-10)11(9(2)15)6-12(8)14/h5-6,9-10H,3-4,7,15H2,1-2H3/t9-/m1/s1. The number of halogens is 1. The van der Waals surface area contributed by atoms with Crippen molar-refractivity contribution in [3.05, 3.63) is 29.1 Å². The number of ether oxygens (including phenoxy) is 1. The molecule has 1 saturated carbocycles. The quantitative estimate of drug-likeness (QED) is 0.851. The van der Waals surface area contributed by atoms with Crippen LogP contribution >= 0.6 is 0 Å². The molecule has 1 aliphatic rings. The molecule has 1 aromatic carbocycles. The van der Waals surface area contributed by atoms with Gasteiger partial charge in [-0.3, -0.25) is 0 Å². The Morgan fingerprint density at radius 1 is 1.50 bits per heavy atom. The van der Waals surface area contributed by atoms with Gasteiger partial charge in [-0.05, 0) is 50.3 Å². The summed E-state index contributed by atoms with van der Waals surface area (Å²) < 4.78 is 19.1. The van der Waals surface area contributed by atoms with Crippen molar-refractivity contribution >= 4 is 0 Å². The van der Waals surface area contributed by atoms with Crippen molar-refractivity contribution in [1.29, 1.82) is 0 Å². The van der Waals surface area contributed by atoms with Crippen molar-refractivity contribution in [3.63, 3.8) is 0 Å². The topological polar surface area (TPSA) is 35.2 Å². The Morgan fingerprint density at radius 3 is 2.75 bits per heavy atom. The SMILES string of the molecule is Cc1cc(OCC2CC2)c([C@@H](C)N)cc1F. The third-order valence-electron chi connectivity index (χ3n) is 2.95. The van der Waals surface area contributed by atoms with Gasteiger partial charge in [-0.25, -0.2) is 4.39 Å². The fourth-order valence-electron chi connectivity index (χ4n) is 1.64. The van der Waals surface area contributed by atoms with Crippen LogP contribution in [0.5, 0.6) is 5.75 Å². The zero-order valence-corrected chi connectivity index (χ0v) is 9.79. The monoisotopic (exact) mass is 223 g/mol. The van der Waals surface area contributed by atoms with E-state index in [1.165, 1.54) is 18.9 Å². The molecule has 1 atom stereocenters. The van der Waals surface area contributed by atoms with Gasteiger partial charge in [0.25, 0.3) is 0 Å². The van der Waals surface area contributed by atoms with E-state index in [2.05, 4.69) is 0 Å². The third-order valence-corrected chi connectivity index (χ3v) is 2.95. The second-order valence-corrected chi connectivity index (χ2v) is 4.68. The van der Waals surface area contributed by atoms with Crippen LogP contribution in [0.1, 0.15) is 36.9 Å². The molecule has 0 spiro atoms. The molecule has 0 aromatic heterocycles. The molecule has 16 heavy (non-hydrogen) atoms. The van der Waals surface area contributed by atoms with Gasteiger partial charge in [-0.1, -0.05) is 0 Å². The zero-order valence-electron chi connectivity index (χ0n) is 9.79. The average molecular weight is 223 g/mol. The smallest absolute Gasteiger partial charge is 0.126 e. The van der Waals surface area contributed by atoms with Crippen LogP contribution in [0.2, 0.25) is 0 Å². The number of aryl methyl sites for hydroxylation is 1. The maximum Gasteiger partial charge on any atom is 0.126 e. The molecule has 2 rings (SSSR count). The van der Waals surface area contributed by atoms with E-state index in [9.17, 15) is 4.39 Å². The Hall–Kier alpha value is -1.09. The van der Waals surface area contributed by atoms with Crippen molar-refractivity contribution < 1.29 is 9.13 Å². The lowest BCUT2D eigenvalue weighted by Crippen LogP contribution is -2.10. The number of nitrogens with two attached hydrogens (primary N) is 1. The molecule has 0 saturated heterocycles. The predicted molar refractivity (Wildman–Crippen MR) is 62.0 cm³/mol. The first kappa shape index (κ1) is 11.4. The van der Waals surface area contributed by atoms with Gasteiger partial charge in [-0.2, -0.15) is 0 Å². The van der Waals surface area contributed by atoms with Crippen molar-refractivity contribution in [2.75, 3.05) is 6.61 Å². The van der Waals surface area contributed by atoms with Gasteiger partial charge in [0, 0.05) is 11.6 Å². The van der Waals surface area contributed by atoms with Crippen molar-refractivity contribution in [1.82, 2.24) is 0 Å². The van der Waals surface area contributed by atoms with Gasteiger partial charge in [0.05, 0.1) is 6.61 Å². The zero-order chi connectivity index (χ0) is 11.7. The molecule has 0 bridgehead atoms. The van der Waals surface area contributed by atoms with Crippen LogP contribution in [0.4, 0.5) is 4.39 Å². The summed E-state index contributed by atoms with van der Waals surface area (Å²) in [6.45, 7) is 4.31. The molecule has 2 nitrogen and oxygen atoms in total. The van der Waals surface area contributed by atoms with E-state index < -0.39 is 0 Å². The average Bonchev–Trinajstić information content (AvgIpc) is 3.02. The molecule has 0 aliphatic heterocycles. The minimum Gasteiger partial charge on any atom is -0.493 e. The fourth-order valence-corrected chi connectivity index (χ4v) is 1.64. The summed E-state index contributed by atoms with van der Waals surface area (Å²) in [4.78, 5) is 0. The highest BCUT2D eigenvalue weighted by Gasteiger charge is 2.23. The number of hydrogen-bond acceptors (Lipinski definition) is 2. The summed E-state index contributed by atoms with van der Waals surface area (Å²) >= 11 is 0. The predicted octanol–water partition coefficient (Wildman–Crippen LogP) is 2.94. The van der Waals surface area contributed by atoms with E-state index in [0.717, 1.165) is 17.9 Å². The molecule has 1 aliphatic carbocycles. The third kappa shape index (κ3) is 2.53. The first-order valence-corrected chi connectivity index (χ1v) is 5.76. The maximum atomic E-state index is 13.4. The number of hydrogen-bond donors (Lipinski definition) is 1. The van der Waals surface area contributed by atoms with E-state index in [0.29, 0.717) is 11.5 Å². The van der Waals surface area contributed by atoms with Crippen LogP contribution in [0.15, 0.2) is 12.1 Å². The van der Waals surface area contributed by atoms with Crippen molar-refractivity contribution in [2.24, 2.45) is 11.7 Å². The first-order valence-electron chi connectivity index (χ1n) is 5.76. The van der Waals surface area contributed by atoms with Crippen LogP contribution < -0.4 is 10.5 Å². The molecular weight excluding hydrogens is 205 g/mol. The summed E-state index contributed by atoms with van der Waals surface area (Å²) in [5.74, 6) is 1.21. The summed E-state index contributed by atoms with van der Waals surface area (Å²) in [5.41, 5.74) is 7.17. The van der Waals surface area contributed by atoms with E-state index in [-0.39, 0.29) is 11.9 Å². The first-order chi connectivity index (χ1) is 7.58. The molecular formula is C13H18FNO. The molecule has 3 heteroatoms. The lowest BCUT2D eigenvalue weighted by Gasteiger charge is -2.15. The Morgan fingerprint density at radius 2 is 2.19 bits per heavy atom. The van der Waals surface area contributed by atoms with Crippen LogP contribution in [0.25, 0.3) is 0 Å². The van der Waals surface area contributed by atoms with Gasteiger partial charge in [0.15, 0.2) is 0 Å². The second-order valence-electron chi connectivity index (χ2n) is 4.68. The Labute approximate surface area is 95.6 Å². The Balaban J connectivity index is 2.21. The van der Waals surface area contributed by atoms with Gasteiger partial charge in [0.1, 0.15) is 11.6 Å². The molecule has 88 valence electrons. The van der Waals surface area contributed by atoms with E-state index in [4.69, 9.17) is 10.5 Å². The van der Waals surface area contributed by atoms with Crippen LogP contribution in [0, 0.1) is 18.7 Å². The van der Waals surface area contributed by atoms with Gasteiger partial charge >= 0.3 is 0 Å². The largest absolute Gasteiger partial charge is 0.493 e. The fraction of sp³-hybridized carbons (Fsp3) is 0.538. The lowest BCUT2D eigenvalue weighted by atomic mass is 10.1. The number of benzene rings is 1. The molecule has 1 aromatic rings. The second kappa shape index (κ2) is 4.42. The summed E-state index contributed by atoms with van der Waals surface area (Å²) in [6, 6.07) is 3.03. The highest BCUT2D eigenvalue weighted by molar-refractivity contribution is 5.39. The van der Waals surface area contributed by atoms with Crippen molar-refractivity contribution in [3.8, 4) is 5.75 Å². The number of rotatable bonds is 4. The molecule has 1 fully saturated rings. The Bertz CT molecular complexity index is 386. The van der Waals surface area contributed by atoms with Gasteiger partial charge in [0.2, 0.25) is 0 Å². The minimum absolute atomic E-state index is 0.204. The molecule has 0 unspecified atom stereocenters.